The van der Waals surface area contributed by atoms with Crippen molar-refractivity contribution in [2.24, 2.45) is 5.41 Å². The molecular formula is C25H27ClF3N5O3. The SMILES string of the molecule is C[C@@H](Nc1nc(Cl)nc2c1CN(C(=O)C13CC(C)(C1)OC31COC1)CC2)c1cc(N)cc(C(F)(F)F)c1. The first-order valence-electron chi connectivity index (χ1n) is 12.2. The molecule has 1 aromatic carbocycles. The zero-order valence-corrected chi connectivity index (χ0v) is 21.2. The second kappa shape index (κ2) is 7.94. The van der Waals surface area contributed by atoms with E-state index in [2.05, 4.69) is 15.3 Å². The number of ether oxygens (including phenoxy) is 2. The van der Waals surface area contributed by atoms with E-state index in [1.54, 1.807) is 6.92 Å². The summed E-state index contributed by atoms with van der Waals surface area (Å²) in [6.45, 7) is 5.34. The van der Waals surface area contributed by atoms with Crippen molar-refractivity contribution in [3.63, 3.8) is 0 Å². The lowest BCUT2D eigenvalue weighted by Crippen LogP contribution is -2.65. The van der Waals surface area contributed by atoms with Gasteiger partial charge in [0.05, 0.1) is 48.1 Å². The highest BCUT2D eigenvalue weighted by atomic mass is 35.5. The first-order chi connectivity index (χ1) is 17.3. The van der Waals surface area contributed by atoms with Gasteiger partial charge < -0.3 is 25.4 Å². The minimum absolute atomic E-state index is 0.0115. The van der Waals surface area contributed by atoms with Crippen molar-refractivity contribution in [2.45, 2.75) is 63.1 Å². The number of halogens is 4. The molecule has 4 fully saturated rings. The van der Waals surface area contributed by atoms with E-state index in [0.29, 0.717) is 61.7 Å². The number of hydrogen-bond acceptors (Lipinski definition) is 7. The molecule has 5 heterocycles. The van der Waals surface area contributed by atoms with Crippen LogP contribution in [0.2, 0.25) is 5.28 Å². The lowest BCUT2D eigenvalue weighted by molar-refractivity contribution is -0.216. The highest BCUT2D eigenvalue weighted by Gasteiger charge is 2.79. The van der Waals surface area contributed by atoms with Gasteiger partial charge in [-0.3, -0.25) is 4.79 Å². The number of nitrogens with two attached hydrogens (primary N) is 1. The van der Waals surface area contributed by atoms with Crippen LogP contribution < -0.4 is 11.1 Å². The molecule has 3 saturated heterocycles. The molecule has 1 saturated carbocycles. The largest absolute Gasteiger partial charge is 0.416 e. The van der Waals surface area contributed by atoms with Crippen molar-refractivity contribution in [1.82, 2.24) is 14.9 Å². The average molecular weight is 538 g/mol. The minimum Gasteiger partial charge on any atom is -0.399 e. The van der Waals surface area contributed by atoms with E-state index in [0.717, 1.165) is 12.1 Å². The predicted octanol–water partition coefficient (Wildman–Crippen LogP) is 4.13. The Bertz CT molecular complexity index is 1290. The molecule has 4 aliphatic heterocycles. The zero-order valence-electron chi connectivity index (χ0n) is 20.4. The molecule has 1 spiro atoms. The van der Waals surface area contributed by atoms with Crippen molar-refractivity contribution in [2.75, 3.05) is 30.8 Å². The fraction of sp³-hybridized carbons (Fsp3) is 0.560. The molecule has 0 radical (unpaired) electrons. The van der Waals surface area contributed by atoms with Crippen molar-refractivity contribution >= 4 is 29.0 Å². The van der Waals surface area contributed by atoms with E-state index in [1.165, 1.54) is 6.07 Å². The van der Waals surface area contributed by atoms with E-state index in [9.17, 15) is 18.0 Å². The molecule has 5 aliphatic rings. The Morgan fingerprint density at radius 3 is 2.62 bits per heavy atom. The number of anilines is 2. The Kier molecular flexibility index (Phi) is 5.30. The number of amides is 1. The normalized spacial score (nSPS) is 28.3. The molecule has 1 atom stereocenters. The van der Waals surface area contributed by atoms with Gasteiger partial charge in [0.25, 0.3) is 0 Å². The highest BCUT2D eigenvalue weighted by molar-refractivity contribution is 6.28. The monoisotopic (exact) mass is 537 g/mol. The van der Waals surface area contributed by atoms with Crippen molar-refractivity contribution < 1.29 is 27.4 Å². The lowest BCUT2D eigenvalue weighted by atomic mass is 9.55. The van der Waals surface area contributed by atoms with Crippen LogP contribution in [0.25, 0.3) is 0 Å². The molecule has 7 rings (SSSR count). The van der Waals surface area contributed by atoms with E-state index < -0.39 is 28.8 Å². The highest BCUT2D eigenvalue weighted by Crippen LogP contribution is 2.69. The smallest absolute Gasteiger partial charge is 0.399 e. The number of alkyl halides is 3. The molecule has 1 aliphatic carbocycles. The minimum atomic E-state index is -4.52. The number of benzene rings is 1. The molecule has 1 aromatic heterocycles. The molecule has 2 bridgehead atoms. The fourth-order valence-corrected chi connectivity index (χ4v) is 6.70. The van der Waals surface area contributed by atoms with Crippen molar-refractivity contribution in [3.8, 4) is 0 Å². The third kappa shape index (κ3) is 3.77. The van der Waals surface area contributed by atoms with E-state index in [1.807, 2.05) is 11.8 Å². The van der Waals surface area contributed by atoms with Crippen LogP contribution in [0.4, 0.5) is 24.7 Å². The van der Waals surface area contributed by atoms with Crippen LogP contribution in [0.3, 0.4) is 0 Å². The van der Waals surface area contributed by atoms with Gasteiger partial charge in [-0.05, 0) is 62.1 Å². The maximum Gasteiger partial charge on any atom is 0.416 e. The summed E-state index contributed by atoms with van der Waals surface area (Å²) in [5, 5.41) is 3.21. The van der Waals surface area contributed by atoms with Gasteiger partial charge in [-0.1, -0.05) is 0 Å². The third-order valence-electron chi connectivity index (χ3n) is 8.22. The van der Waals surface area contributed by atoms with Gasteiger partial charge in [-0.2, -0.15) is 13.2 Å². The number of aromatic nitrogens is 2. The second-order valence-electron chi connectivity index (χ2n) is 11.0. The number of fused-ring (bicyclic) bond motifs is 1. The molecule has 8 nitrogen and oxygen atoms in total. The number of carbonyl (C=O) groups excluding carboxylic acids is 1. The van der Waals surface area contributed by atoms with Gasteiger partial charge in [-0.25, -0.2) is 9.97 Å². The fourth-order valence-electron chi connectivity index (χ4n) is 6.52. The van der Waals surface area contributed by atoms with Crippen LogP contribution in [-0.4, -0.2) is 51.7 Å². The molecule has 0 unspecified atom stereocenters. The number of hydrogen-bond donors (Lipinski definition) is 2. The quantitative estimate of drug-likeness (QED) is 0.446. The lowest BCUT2D eigenvalue weighted by Gasteiger charge is -2.51. The van der Waals surface area contributed by atoms with Crippen molar-refractivity contribution in [1.29, 1.82) is 0 Å². The van der Waals surface area contributed by atoms with Gasteiger partial charge in [0.2, 0.25) is 11.2 Å². The molecule has 37 heavy (non-hydrogen) atoms. The summed E-state index contributed by atoms with van der Waals surface area (Å²) < 4.78 is 51.8. The average Bonchev–Trinajstić information content (AvgIpc) is 3.22. The third-order valence-corrected chi connectivity index (χ3v) is 8.39. The number of rotatable bonds is 4. The summed E-state index contributed by atoms with van der Waals surface area (Å²) in [7, 11) is 0. The van der Waals surface area contributed by atoms with Gasteiger partial charge in [-0.15, -0.1) is 0 Å². The number of carbonyl (C=O) groups is 1. The molecule has 3 N–H and O–H groups in total. The Labute approximate surface area is 216 Å². The summed E-state index contributed by atoms with van der Waals surface area (Å²) >= 11 is 6.19. The van der Waals surface area contributed by atoms with Gasteiger partial charge in [0, 0.05) is 24.2 Å². The topological polar surface area (TPSA) is 103 Å². The van der Waals surface area contributed by atoms with Gasteiger partial charge in [0.1, 0.15) is 11.4 Å². The van der Waals surface area contributed by atoms with Gasteiger partial charge >= 0.3 is 6.18 Å². The second-order valence-corrected chi connectivity index (χ2v) is 11.3. The van der Waals surface area contributed by atoms with E-state index >= 15 is 0 Å². The van der Waals surface area contributed by atoms with Crippen LogP contribution in [0.15, 0.2) is 18.2 Å². The summed E-state index contributed by atoms with van der Waals surface area (Å²) in [6, 6.07) is 2.88. The van der Waals surface area contributed by atoms with E-state index in [4.69, 9.17) is 26.8 Å². The Hall–Kier alpha value is -2.63. The van der Waals surface area contributed by atoms with Gasteiger partial charge in [0.15, 0.2) is 0 Å². The molecule has 2 aromatic rings. The van der Waals surface area contributed by atoms with Crippen molar-refractivity contribution in [3.05, 3.63) is 45.9 Å². The molecule has 198 valence electrons. The van der Waals surface area contributed by atoms with E-state index in [-0.39, 0.29) is 29.0 Å². The summed E-state index contributed by atoms with van der Waals surface area (Å²) in [5.74, 6) is 0.423. The predicted molar refractivity (Wildman–Crippen MR) is 129 cm³/mol. The molecular weight excluding hydrogens is 511 g/mol. The van der Waals surface area contributed by atoms with Crippen LogP contribution in [-0.2, 0) is 33.4 Å². The first-order valence-corrected chi connectivity index (χ1v) is 12.6. The Morgan fingerprint density at radius 2 is 1.97 bits per heavy atom. The summed E-state index contributed by atoms with van der Waals surface area (Å²) in [5.41, 5.74) is 5.26. The maximum atomic E-state index is 13.9. The maximum absolute atomic E-state index is 13.9. The zero-order chi connectivity index (χ0) is 26.4. The number of nitrogens with one attached hydrogen (secondary N) is 1. The van der Waals surface area contributed by atoms with Crippen LogP contribution in [0, 0.1) is 5.41 Å². The Balaban J connectivity index is 1.27. The number of nitrogen functional groups attached to an aromatic ring is 1. The standard InChI is InChI=1S/C25H27ClF3N5O3/c1-13(14-5-15(25(27,28)29)7-16(30)6-14)31-19-17-8-34(4-3-18(17)32-21(26)33-19)20(35)23-9-22(2,10-23)37-24(23)11-36-12-24/h5-7,13H,3-4,8-12,30H2,1-2H3,(H,31,32,33)/t13-,22?,23?/m1/s1. The Morgan fingerprint density at radius 1 is 1.24 bits per heavy atom. The van der Waals surface area contributed by atoms with Crippen LogP contribution in [0.1, 0.15) is 55.1 Å². The number of nitrogens with zero attached hydrogens (tertiary/aromatic N) is 3. The van der Waals surface area contributed by atoms with Crippen LogP contribution >= 0.6 is 11.6 Å². The summed E-state index contributed by atoms with van der Waals surface area (Å²) in [4.78, 5) is 24.4. The molecule has 1 amide bonds. The van der Waals surface area contributed by atoms with Crippen LogP contribution in [0.5, 0.6) is 0 Å². The molecule has 12 heteroatoms. The first kappa shape index (κ1) is 24.7. The summed E-state index contributed by atoms with van der Waals surface area (Å²) in [6.07, 6.45) is -2.70.